The predicted octanol–water partition coefficient (Wildman–Crippen LogP) is -6.72. The van der Waals surface area contributed by atoms with Crippen LogP contribution in [0.4, 0.5) is 0 Å². The zero-order valence-corrected chi connectivity index (χ0v) is 30.2. The number of rotatable bonds is 29. The molecule has 0 unspecified atom stereocenters. The third kappa shape index (κ3) is 20.6. The second-order valence-electron chi connectivity index (χ2n) is 12.2. The molecule has 0 saturated carbocycles. The smallest absolute Gasteiger partial charge is 0.326 e. The number of carbonyl (C=O) groups is 13. The minimum absolute atomic E-state index is 0.166. The molecule has 324 valence electrons. The van der Waals surface area contributed by atoms with Crippen molar-refractivity contribution in [3.8, 4) is 0 Å². The first-order chi connectivity index (χ1) is 26.9. The summed E-state index contributed by atoms with van der Waals surface area (Å²) in [6.45, 7) is 0.176. The van der Waals surface area contributed by atoms with Gasteiger partial charge in [-0.2, -0.15) is 0 Å². The van der Waals surface area contributed by atoms with E-state index in [0.29, 0.717) is 6.42 Å². The number of hydrogen-bond acceptors (Lipinski definition) is 15. The summed E-state index contributed by atoms with van der Waals surface area (Å²) >= 11 is 0. The van der Waals surface area contributed by atoms with Crippen LogP contribution in [0.3, 0.4) is 0 Å². The van der Waals surface area contributed by atoms with Gasteiger partial charge in [0.05, 0.1) is 44.6 Å². The van der Waals surface area contributed by atoms with Gasteiger partial charge in [-0.25, -0.2) is 4.79 Å². The number of nitrogens with two attached hydrogens (primary N) is 2. The number of aliphatic carboxylic acids is 7. The maximum atomic E-state index is 13.2. The van der Waals surface area contributed by atoms with Crippen LogP contribution in [0.2, 0.25) is 0 Å². The molecule has 0 aromatic rings. The molecule has 28 heteroatoms. The lowest BCUT2D eigenvalue weighted by Gasteiger charge is -2.26. The molecular weight excluding hydrogens is 792 g/mol. The van der Waals surface area contributed by atoms with Gasteiger partial charge < -0.3 is 79.1 Å². The van der Waals surface area contributed by atoms with E-state index in [-0.39, 0.29) is 19.4 Å². The molecule has 0 aliphatic carbocycles. The first-order valence-corrected chi connectivity index (χ1v) is 16.7. The van der Waals surface area contributed by atoms with E-state index < -0.39 is 158 Å². The number of unbranched alkanes of at least 4 members (excludes halogenated alkanes) is 1. The fraction of sp³-hybridized carbons (Fsp3) is 0.567. The summed E-state index contributed by atoms with van der Waals surface area (Å²) in [4.78, 5) is 158. The maximum Gasteiger partial charge on any atom is 0.326 e. The molecule has 6 amide bonds. The summed E-state index contributed by atoms with van der Waals surface area (Å²) in [6.07, 6.45) is -7.02. The second-order valence-corrected chi connectivity index (χ2v) is 12.2. The quantitative estimate of drug-likeness (QED) is 0.0311. The summed E-state index contributed by atoms with van der Waals surface area (Å²) < 4.78 is 0. The monoisotopic (exact) mass is 836 g/mol. The van der Waals surface area contributed by atoms with Crippen LogP contribution < -0.4 is 43.4 Å². The Morgan fingerprint density at radius 3 is 0.828 bits per heavy atom. The van der Waals surface area contributed by atoms with Gasteiger partial charge >= 0.3 is 41.8 Å². The zero-order chi connectivity index (χ0) is 44.9. The first kappa shape index (κ1) is 51.0. The van der Waals surface area contributed by atoms with E-state index in [4.69, 9.17) is 16.6 Å². The Morgan fingerprint density at radius 1 is 0.362 bits per heavy atom. The largest absolute Gasteiger partial charge is 0.481 e. The maximum absolute atomic E-state index is 13.2. The van der Waals surface area contributed by atoms with Gasteiger partial charge in [0.25, 0.3) is 0 Å². The molecular formula is C30H44N8O20. The van der Waals surface area contributed by atoms with Crippen molar-refractivity contribution in [2.24, 2.45) is 11.5 Å². The molecule has 17 N–H and O–H groups in total. The van der Waals surface area contributed by atoms with Gasteiger partial charge in [-0.15, -0.1) is 0 Å². The normalized spacial score (nSPS) is 14.2. The number of carboxylic acids is 7. The number of carbonyl (C=O) groups excluding carboxylic acids is 6. The molecule has 0 radical (unpaired) electrons. The van der Waals surface area contributed by atoms with Crippen LogP contribution in [0.5, 0.6) is 0 Å². The molecule has 0 heterocycles. The lowest BCUT2D eigenvalue weighted by atomic mass is 10.1. The second kappa shape index (κ2) is 25.2. The molecule has 0 aliphatic rings. The number of carboxylic acid groups (broad SMARTS) is 7. The van der Waals surface area contributed by atoms with E-state index in [1.54, 1.807) is 16.0 Å². The highest BCUT2D eigenvalue weighted by molar-refractivity contribution is 6.00. The Bertz CT molecular complexity index is 1600. The van der Waals surface area contributed by atoms with Gasteiger partial charge in [0, 0.05) is 0 Å². The molecule has 0 saturated heterocycles. The molecule has 0 rings (SSSR count). The van der Waals surface area contributed by atoms with E-state index in [9.17, 15) is 93.0 Å². The van der Waals surface area contributed by atoms with Gasteiger partial charge in [0.1, 0.15) is 36.3 Å². The van der Waals surface area contributed by atoms with Gasteiger partial charge in [-0.3, -0.25) is 57.5 Å². The summed E-state index contributed by atoms with van der Waals surface area (Å²) in [5, 5.41) is 75.9. The van der Waals surface area contributed by atoms with Crippen LogP contribution in [-0.4, -0.2) is 162 Å². The van der Waals surface area contributed by atoms with E-state index in [2.05, 4.69) is 0 Å². The Balaban J connectivity index is 6.39. The van der Waals surface area contributed by atoms with Crippen molar-refractivity contribution in [3.05, 3.63) is 0 Å². The van der Waals surface area contributed by atoms with Crippen molar-refractivity contribution in [3.63, 3.8) is 0 Å². The average molecular weight is 837 g/mol. The fourth-order valence-electron chi connectivity index (χ4n) is 4.59. The third-order valence-electron chi connectivity index (χ3n) is 7.35. The van der Waals surface area contributed by atoms with Crippen molar-refractivity contribution < 1.29 is 98.1 Å². The van der Waals surface area contributed by atoms with Crippen molar-refractivity contribution in [2.75, 3.05) is 6.54 Å². The van der Waals surface area contributed by atoms with Crippen LogP contribution in [0.25, 0.3) is 0 Å². The average Bonchev–Trinajstić information content (AvgIpc) is 3.08. The molecule has 58 heavy (non-hydrogen) atoms. The van der Waals surface area contributed by atoms with Crippen LogP contribution in [0, 0.1) is 0 Å². The van der Waals surface area contributed by atoms with E-state index in [0.717, 1.165) is 0 Å². The highest BCUT2D eigenvalue weighted by Crippen LogP contribution is 2.06. The highest BCUT2D eigenvalue weighted by Gasteiger charge is 2.36. The lowest BCUT2D eigenvalue weighted by molar-refractivity contribution is -0.145. The minimum atomic E-state index is -2.31. The summed E-state index contributed by atoms with van der Waals surface area (Å²) in [5.41, 5.74) is 10.8. The van der Waals surface area contributed by atoms with E-state index in [1.807, 2.05) is 16.0 Å². The number of amides is 6. The van der Waals surface area contributed by atoms with Crippen molar-refractivity contribution >= 4 is 77.2 Å². The van der Waals surface area contributed by atoms with Crippen LogP contribution >= 0.6 is 0 Å². The molecule has 0 fully saturated rings. The molecule has 0 spiro atoms. The molecule has 7 atom stereocenters. The Morgan fingerprint density at radius 2 is 0.603 bits per heavy atom. The van der Waals surface area contributed by atoms with Gasteiger partial charge in [0.15, 0.2) is 0 Å². The zero-order valence-electron chi connectivity index (χ0n) is 30.2. The Kier molecular flexibility index (Phi) is 22.2. The molecule has 0 aromatic heterocycles. The number of nitrogens with one attached hydrogen (secondary N) is 6. The standard InChI is InChI=1S/C30H44N8O20/c31-4-2-1-3-12(30(57)58)33-25(52)14(7-20(43)44)35-27(54)16(9-22(47)48)37-29(56)17(10-23(49)50)38-28(55)15(8-21(45)46)36-26(53)13(6-19(41)42)34-24(51)11(32)5-18(39)40/h11-17H,1-10,31-32H2,(H,33,52)(H,34,51)(H,35,54)(H,36,53)(H,37,56)(H,38,55)(H,39,40)(H,41,42)(H,43,44)(H,45,46)(H,47,48)(H,49,50)(H,57,58)/t11-,12+,13+,14+,15+,16+,17+/m1/s1. The van der Waals surface area contributed by atoms with Crippen LogP contribution in [-0.2, 0) is 62.3 Å². The van der Waals surface area contributed by atoms with Crippen molar-refractivity contribution in [1.82, 2.24) is 31.9 Å². The van der Waals surface area contributed by atoms with Crippen LogP contribution in [0.15, 0.2) is 0 Å². The topological polar surface area (TPSA) is 488 Å². The van der Waals surface area contributed by atoms with E-state index in [1.165, 1.54) is 0 Å². The molecule has 0 aromatic carbocycles. The van der Waals surface area contributed by atoms with E-state index >= 15 is 0 Å². The molecule has 28 nitrogen and oxygen atoms in total. The summed E-state index contributed by atoms with van der Waals surface area (Å²) in [6, 6.07) is -14.4. The fourth-order valence-corrected chi connectivity index (χ4v) is 4.59. The van der Waals surface area contributed by atoms with Crippen LogP contribution in [0.1, 0.15) is 57.8 Å². The summed E-state index contributed by atoms with van der Waals surface area (Å²) in [5.74, 6) is -21.1. The summed E-state index contributed by atoms with van der Waals surface area (Å²) in [7, 11) is 0. The molecule has 0 bridgehead atoms. The predicted molar refractivity (Wildman–Crippen MR) is 184 cm³/mol. The highest BCUT2D eigenvalue weighted by atomic mass is 16.4. The Labute approximate surface area is 325 Å². The van der Waals surface area contributed by atoms with Gasteiger partial charge in [-0.05, 0) is 25.8 Å². The molecule has 0 aliphatic heterocycles. The minimum Gasteiger partial charge on any atom is -0.481 e. The van der Waals surface area contributed by atoms with Crippen molar-refractivity contribution in [1.29, 1.82) is 0 Å². The third-order valence-corrected chi connectivity index (χ3v) is 7.35. The SMILES string of the molecule is NCCCC[C@H](NC(=O)[C@H](CC(=O)O)NC(=O)[C@H](CC(=O)O)NC(=O)[C@H](CC(=O)O)NC(=O)[C@H](CC(=O)O)NC(=O)[C@H](CC(=O)O)NC(=O)[C@H](N)CC(=O)O)C(=O)O. The van der Waals surface area contributed by atoms with Gasteiger partial charge in [-0.1, -0.05) is 0 Å². The van der Waals surface area contributed by atoms with Gasteiger partial charge in [0.2, 0.25) is 35.4 Å². The Hall–Kier alpha value is -6.97. The first-order valence-electron chi connectivity index (χ1n) is 16.7. The van der Waals surface area contributed by atoms with Crippen molar-refractivity contribution in [2.45, 2.75) is 100 Å². The lowest BCUT2D eigenvalue weighted by Crippen LogP contribution is -2.60. The number of hydrogen-bond donors (Lipinski definition) is 15.